The molecule has 0 radical (unpaired) electrons. The van der Waals surface area contributed by atoms with E-state index in [1.165, 1.54) is 0 Å². The summed E-state index contributed by atoms with van der Waals surface area (Å²) in [7, 11) is 0. The largest absolute Gasteiger partial charge is 0.399 e. The fraction of sp³-hybridized carbons (Fsp3) is 0.333. The number of carbonyl (C=O) groups is 2. The third-order valence-corrected chi connectivity index (χ3v) is 6.10. The quantitative estimate of drug-likeness (QED) is 0.491. The summed E-state index contributed by atoms with van der Waals surface area (Å²) in [5.74, 6) is 2.43. The standard InChI is InChI=1S/C24H26BrN3O2/c1-2-15-27(17-18-9-11-19(26)12-10-18)23(29)13-14-24(30)28-16-5-8-22(28)20-6-3-4-7-21(20)25/h1,3-4,6-7,9-12,22H,5,8,13-17,26H2. The van der Waals surface area contributed by atoms with Gasteiger partial charge in [0, 0.05) is 36.1 Å². The van der Waals surface area contributed by atoms with Gasteiger partial charge in [-0.3, -0.25) is 9.59 Å². The number of hydrogen-bond acceptors (Lipinski definition) is 3. The molecule has 1 saturated heterocycles. The molecule has 0 aromatic heterocycles. The maximum Gasteiger partial charge on any atom is 0.224 e. The van der Waals surface area contributed by atoms with Gasteiger partial charge in [-0.2, -0.15) is 0 Å². The topological polar surface area (TPSA) is 66.6 Å². The first kappa shape index (κ1) is 21.9. The molecule has 6 heteroatoms. The van der Waals surface area contributed by atoms with Crippen LogP contribution < -0.4 is 5.73 Å². The fourth-order valence-corrected chi connectivity index (χ4v) is 4.38. The normalized spacial score (nSPS) is 15.6. The first-order valence-corrected chi connectivity index (χ1v) is 10.9. The Kier molecular flexibility index (Phi) is 7.53. The van der Waals surface area contributed by atoms with Crippen molar-refractivity contribution in [1.82, 2.24) is 9.80 Å². The van der Waals surface area contributed by atoms with E-state index < -0.39 is 0 Å². The average molecular weight is 468 g/mol. The van der Waals surface area contributed by atoms with Crippen LogP contribution >= 0.6 is 15.9 Å². The third kappa shape index (κ3) is 5.43. The summed E-state index contributed by atoms with van der Waals surface area (Å²) < 4.78 is 1.01. The van der Waals surface area contributed by atoms with Crippen molar-refractivity contribution in [3.05, 3.63) is 64.1 Å². The zero-order valence-electron chi connectivity index (χ0n) is 16.9. The summed E-state index contributed by atoms with van der Waals surface area (Å²) in [5.41, 5.74) is 8.46. The van der Waals surface area contributed by atoms with Crippen LogP contribution in [0.1, 0.15) is 42.9 Å². The van der Waals surface area contributed by atoms with Crippen molar-refractivity contribution in [2.24, 2.45) is 0 Å². The van der Waals surface area contributed by atoms with Gasteiger partial charge in [-0.15, -0.1) is 6.42 Å². The predicted octanol–water partition coefficient (Wildman–Crippen LogP) is 4.14. The van der Waals surface area contributed by atoms with Gasteiger partial charge in [-0.05, 0) is 42.2 Å². The van der Waals surface area contributed by atoms with Gasteiger partial charge in [0.05, 0.1) is 12.6 Å². The molecule has 1 fully saturated rings. The second-order valence-corrected chi connectivity index (χ2v) is 8.32. The molecule has 1 heterocycles. The van der Waals surface area contributed by atoms with Crippen molar-refractivity contribution in [3.8, 4) is 12.3 Å². The highest BCUT2D eigenvalue weighted by Gasteiger charge is 2.31. The van der Waals surface area contributed by atoms with E-state index in [4.69, 9.17) is 12.2 Å². The van der Waals surface area contributed by atoms with Crippen LogP contribution in [0.3, 0.4) is 0 Å². The minimum absolute atomic E-state index is 0.00902. The Hall–Kier alpha value is -2.78. The number of rotatable bonds is 7. The minimum atomic E-state index is -0.116. The third-order valence-electron chi connectivity index (χ3n) is 5.38. The average Bonchev–Trinajstić information content (AvgIpc) is 3.23. The van der Waals surface area contributed by atoms with Gasteiger partial charge in [0.25, 0.3) is 0 Å². The lowest BCUT2D eigenvalue weighted by Gasteiger charge is -2.26. The SMILES string of the molecule is C#CCN(Cc1ccc(N)cc1)C(=O)CCC(=O)N1CCCC1c1ccccc1Br. The number of nitrogen functional groups attached to an aromatic ring is 1. The molecule has 0 aliphatic carbocycles. The van der Waals surface area contributed by atoms with Crippen LogP contribution in [0.15, 0.2) is 53.0 Å². The molecule has 156 valence electrons. The number of benzene rings is 2. The van der Waals surface area contributed by atoms with Crippen molar-refractivity contribution in [3.63, 3.8) is 0 Å². The molecule has 0 spiro atoms. The highest BCUT2D eigenvalue weighted by molar-refractivity contribution is 9.10. The number of hydrogen-bond donors (Lipinski definition) is 1. The Morgan fingerprint density at radius 3 is 2.60 bits per heavy atom. The minimum Gasteiger partial charge on any atom is -0.399 e. The molecule has 2 N–H and O–H groups in total. The van der Waals surface area contributed by atoms with Crippen LogP contribution in [-0.4, -0.2) is 34.7 Å². The maximum absolute atomic E-state index is 12.9. The van der Waals surface area contributed by atoms with Crippen molar-refractivity contribution in [1.29, 1.82) is 0 Å². The van der Waals surface area contributed by atoms with Crippen LogP contribution in [0.5, 0.6) is 0 Å². The molecule has 1 aliphatic rings. The number of nitrogens with zero attached hydrogens (tertiary/aromatic N) is 2. The molecule has 1 unspecified atom stereocenters. The van der Waals surface area contributed by atoms with Crippen molar-refractivity contribution in [2.45, 2.75) is 38.3 Å². The van der Waals surface area contributed by atoms with E-state index in [0.717, 1.165) is 35.0 Å². The Balaban J connectivity index is 1.60. The van der Waals surface area contributed by atoms with Gasteiger partial charge in [-0.25, -0.2) is 0 Å². The molecule has 1 aliphatic heterocycles. The number of terminal acetylenes is 1. The number of anilines is 1. The van der Waals surface area contributed by atoms with E-state index in [0.29, 0.717) is 12.2 Å². The van der Waals surface area contributed by atoms with Crippen LogP contribution in [0, 0.1) is 12.3 Å². The summed E-state index contributed by atoms with van der Waals surface area (Å²) in [4.78, 5) is 29.2. The summed E-state index contributed by atoms with van der Waals surface area (Å²) >= 11 is 3.59. The smallest absolute Gasteiger partial charge is 0.224 e. The molecule has 2 aromatic rings. The lowest BCUT2D eigenvalue weighted by atomic mass is 10.0. The lowest BCUT2D eigenvalue weighted by Crippen LogP contribution is -2.34. The predicted molar refractivity (Wildman–Crippen MR) is 122 cm³/mol. The van der Waals surface area contributed by atoms with E-state index in [9.17, 15) is 9.59 Å². The number of nitrogens with two attached hydrogens (primary N) is 1. The van der Waals surface area contributed by atoms with E-state index in [1.54, 1.807) is 17.0 Å². The Morgan fingerprint density at radius 2 is 1.90 bits per heavy atom. The number of halogens is 1. The highest BCUT2D eigenvalue weighted by atomic mass is 79.9. The number of amides is 2. The summed E-state index contributed by atoms with van der Waals surface area (Å²) in [6.45, 7) is 1.33. The van der Waals surface area contributed by atoms with Crippen molar-refractivity contribution in [2.75, 3.05) is 18.8 Å². The van der Waals surface area contributed by atoms with Gasteiger partial charge in [0.15, 0.2) is 0 Å². The Morgan fingerprint density at radius 1 is 1.17 bits per heavy atom. The molecule has 2 aromatic carbocycles. The summed E-state index contributed by atoms with van der Waals surface area (Å²) in [6.07, 6.45) is 7.68. The van der Waals surface area contributed by atoms with Crippen LogP contribution in [0.4, 0.5) is 5.69 Å². The van der Waals surface area contributed by atoms with E-state index in [-0.39, 0.29) is 37.2 Å². The highest BCUT2D eigenvalue weighted by Crippen LogP contribution is 2.36. The second-order valence-electron chi connectivity index (χ2n) is 7.46. The van der Waals surface area contributed by atoms with E-state index in [1.807, 2.05) is 41.3 Å². The van der Waals surface area contributed by atoms with Crippen LogP contribution in [0.25, 0.3) is 0 Å². The van der Waals surface area contributed by atoms with E-state index >= 15 is 0 Å². The van der Waals surface area contributed by atoms with E-state index in [2.05, 4.69) is 21.9 Å². The molecule has 0 saturated carbocycles. The molecule has 5 nitrogen and oxygen atoms in total. The molecule has 1 atom stereocenters. The Labute approximate surface area is 186 Å². The summed E-state index contributed by atoms with van der Waals surface area (Å²) in [5, 5.41) is 0. The fourth-order valence-electron chi connectivity index (χ4n) is 3.84. The molecular weight excluding hydrogens is 442 g/mol. The van der Waals surface area contributed by atoms with Crippen molar-refractivity contribution >= 4 is 33.4 Å². The maximum atomic E-state index is 12.9. The number of carbonyl (C=O) groups excluding carboxylic acids is 2. The van der Waals surface area contributed by atoms with Crippen LogP contribution in [0.2, 0.25) is 0 Å². The van der Waals surface area contributed by atoms with Crippen LogP contribution in [-0.2, 0) is 16.1 Å². The monoisotopic (exact) mass is 467 g/mol. The summed E-state index contributed by atoms with van der Waals surface area (Å²) in [6, 6.07) is 15.4. The van der Waals surface area contributed by atoms with Gasteiger partial charge >= 0.3 is 0 Å². The zero-order chi connectivity index (χ0) is 21.5. The first-order chi connectivity index (χ1) is 14.5. The first-order valence-electron chi connectivity index (χ1n) is 10.1. The Bertz CT molecular complexity index is 936. The van der Waals surface area contributed by atoms with Gasteiger partial charge in [0.1, 0.15) is 0 Å². The lowest BCUT2D eigenvalue weighted by molar-refractivity contribution is -0.137. The van der Waals surface area contributed by atoms with Crippen molar-refractivity contribution < 1.29 is 9.59 Å². The van der Waals surface area contributed by atoms with Gasteiger partial charge < -0.3 is 15.5 Å². The molecule has 30 heavy (non-hydrogen) atoms. The second kappa shape index (κ2) is 10.3. The molecule has 0 bridgehead atoms. The van der Waals surface area contributed by atoms with Gasteiger partial charge in [-0.1, -0.05) is 52.2 Å². The molecule has 2 amide bonds. The zero-order valence-corrected chi connectivity index (χ0v) is 18.5. The van der Waals surface area contributed by atoms with Gasteiger partial charge in [0.2, 0.25) is 11.8 Å². The molecule has 3 rings (SSSR count). The molecular formula is C24H26BrN3O2. The number of likely N-dealkylation sites (tertiary alicyclic amines) is 1.